The average Bonchev–Trinajstić information content (AvgIpc) is 2.47. The highest BCUT2D eigenvalue weighted by Gasteiger charge is 2.29. The number of carbonyl (C=O) groups is 2. The van der Waals surface area contributed by atoms with Crippen molar-refractivity contribution in [1.29, 1.82) is 0 Å². The lowest BCUT2D eigenvalue weighted by Gasteiger charge is -2.35. The predicted octanol–water partition coefficient (Wildman–Crippen LogP) is 1.95. The topological polar surface area (TPSA) is 59.5 Å². The highest BCUT2D eigenvalue weighted by Crippen LogP contribution is 2.22. The van der Waals surface area contributed by atoms with Gasteiger partial charge in [0.15, 0.2) is 0 Å². The Morgan fingerprint density at radius 3 is 2.90 bits per heavy atom. The van der Waals surface area contributed by atoms with Crippen LogP contribution in [0.5, 0.6) is 0 Å². The zero-order valence-electron chi connectivity index (χ0n) is 12.0. The molecule has 1 unspecified atom stereocenters. The third-order valence-corrected chi connectivity index (χ3v) is 3.64. The lowest BCUT2D eigenvalue weighted by Crippen LogP contribution is -2.44. The smallest absolute Gasteiger partial charge is 0.307 e. The fraction of sp³-hybridized carbons (Fsp3) is 0.533. The molecule has 0 aliphatic carbocycles. The summed E-state index contributed by atoms with van der Waals surface area (Å²) in [6, 6.07) is 1.77. The summed E-state index contributed by atoms with van der Waals surface area (Å²) < 4.78 is 4.72. The van der Waals surface area contributed by atoms with Gasteiger partial charge in [0.25, 0.3) is 5.91 Å². The van der Waals surface area contributed by atoms with Crippen LogP contribution in [0.1, 0.15) is 41.6 Å². The summed E-state index contributed by atoms with van der Waals surface area (Å²) in [6.07, 6.45) is 6.43. The van der Waals surface area contributed by atoms with Crippen molar-refractivity contribution >= 4 is 11.9 Å². The van der Waals surface area contributed by atoms with E-state index >= 15 is 0 Å². The van der Waals surface area contributed by atoms with Crippen LogP contribution in [-0.4, -0.2) is 41.5 Å². The van der Waals surface area contributed by atoms with E-state index in [2.05, 4.69) is 4.98 Å². The normalized spacial score (nSPS) is 18.7. The van der Waals surface area contributed by atoms with E-state index in [1.54, 1.807) is 17.3 Å². The van der Waals surface area contributed by atoms with E-state index in [9.17, 15) is 9.59 Å². The van der Waals surface area contributed by atoms with E-state index < -0.39 is 0 Å². The van der Waals surface area contributed by atoms with Gasteiger partial charge in [0.2, 0.25) is 0 Å². The van der Waals surface area contributed by atoms with Gasteiger partial charge in [0.05, 0.1) is 19.1 Å². The number of aryl methyl sites for hydroxylation is 1. The van der Waals surface area contributed by atoms with Crippen molar-refractivity contribution in [1.82, 2.24) is 9.88 Å². The van der Waals surface area contributed by atoms with E-state index in [-0.39, 0.29) is 24.3 Å². The van der Waals surface area contributed by atoms with Crippen molar-refractivity contribution in [2.75, 3.05) is 13.7 Å². The van der Waals surface area contributed by atoms with E-state index in [0.717, 1.165) is 24.8 Å². The summed E-state index contributed by atoms with van der Waals surface area (Å²) in [4.78, 5) is 29.9. The Labute approximate surface area is 118 Å². The number of hydrogen-bond donors (Lipinski definition) is 0. The van der Waals surface area contributed by atoms with Gasteiger partial charge in [-0.25, -0.2) is 0 Å². The Bertz CT molecular complexity index is 502. The molecule has 0 N–H and O–H groups in total. The molecule has 5 heteroatoms. The summed E-state index contributed by atoms with van der Waals surface area (Å²) in [7, 11) is 1.38. The van der Waals surface area contributed by atoms with Gasteiger partial charge >= 0.3 is 5.97 Å². The number of esters is 1. The number of aromatic nitrogens is 1. The largest absolute Gasteiger partial charge is 0.469 e. The fourth-order valence-electron chi connectivity index (χ4n) is 2.59. The number of likely N-dealkylation sites (tertiary alicyclic amines) is 1. The molecule has 1 atom stereocenters. The minimum absolute atomic E-state index is 0.0465. The molecular formula is C15H20N2O3. The molecule has 1 aliphatic heterocycles. The van der Waals surface area contributed by atoms with Crippen LogP contribution >= 0.6 is 0 Å². The number of ether oxygens (including phenoxy) is 1. The summed E-state index contributed by atoms with van der Waals surface area (Å²) in [5, 5.41) is 0. The molecule has 0 aromatic carbocycles. The first-order valence-corrected chi connectivity index (χ1v) is 6.91. The second-order valence-corrected chi connectivity index (χ2v) is 5.18. The third-order valence-electron chi connectivity index (χ3n) is 3.64. The summed E-state index contributed by atoms with van der Waals surface area (Å²) in [6.45, 7) is 2.60. The molecule has 1 aromatic rings. The van der Waals surface area contributed by atoms with Gasteiger partial charge in [-0.1, -0.05) is 0 Å². The zero-order valence-corrected chi connectivity index (χ0v) is 12.0. The van der Waals surface area contributed by atoms with Crippen molar-refractivity contribution < 1.29 is 14.3 Å². The number of methoxy groups -OCH3 is 1. The highest BCUT2D eigenvalue weighted by molar-refractivity contribution is 5.94. The first kappa shape index (κ1) is 14.5. The molecule has 2 rings (SSSR count). The molecule has 1 aliphatic rings. The van der Waals surface area contributed by atoms with E-state index in [1.807, 2.05) is 13.0 Å². The molecule has 0 bridgehead atoms. The van der Waals surface area contributed by atoms with Crippen LogP contribution in [0.25, 0.3) is 0 Å². The summed E-state index contributed by atoms with van der Waals surface area (Å²) in [5.41, 5.74) is 1.54. The SMILES string of the molecule is COC(=O)CC1CCCCN1C(=O)c1cncc(C)c1. The molecule has 1 saturated heterocycles. The maximum absolute atomic E-state index is 12.6. The van der Waals surface area contributed by atoms with Gasteiger partial charge in [-0.15, -0.1) is 0 Å². The quantitative estimate of drug-likeness (QED) is 0.792. The highest BCUT2D eigenvalue weighted by atomic mass is 16.5. The second kappa shape index (κ2) is 6.50. The van der Waals surface area contributed by atoms with E-state index in [1.165, 1.54) is 7.11 Å². The number of hydrogen-bond acceptors (Lipinski definition) is 4. The van der Waals surface area contributed by atoms with E-state index in [0.29, 0.717) is 12.1 Å². The van der Waals surface area contributed by atoms with Crippen molar-refractivity contribution in [3.63, 3.8) is 0 Å². The van der Waals surface area contributed by atoms with Gasteiger partial charge in [-0.3, -0.25) is 14.6 Å². The molecule has 1 fully saturated rings. The maximum Gasteiger partial charge on any atom is 0.307 e. The Kier molecular flexibility index (Phi) is 4.71. The number of pyridine rings is 1. The molecule has 1 aromatic heterocycles. The number of carbonyl (C=O) groups excluding carboxylic acids is 2. The Hall–Kier alpha value is -1.91. The van der Waals surface area contributed by atoms with Crippen LogP contribution < -0.4 is 0 Å². The van der Waals surface area contributed by atoms with Gasteiger partial charge in [-0.05, 0) is 37.8 Å². The molecule has 0 radical (unpaired) electrons. The number of piperidine rings is 1. The van der Waals surface area contributed by atoms with Crippen molar-refractivity contribution in [2.24, 2.45) is 0 Å². The molecule has 108 valence electrons. The zero-order chi connectivity index (χ0) is 14.5. The maximum atomic E-state index is 12.6. The van der Waals surface area contributed by atoms with Crippen LogP contribution in [0.4, 0.5) is 0 Å². The van der Waals surface area contributed by atoms with Crippen LogP contribution in [-0.2, 0) is 9.53 Å². The van der Waals surface area contributed by atoms with Crippen LogP contribution in [0.15, 0.2) is 18.5 Å². The van der Waals surface area contributed by atoms with E-state index in [4.69, 9.17) is 4.74 Å². The minimum Gasteiger partial charge on any atom is -0.469 e. The first-order chi connectivity index (χ1) is 9.61. The molecule has 20 heavy (non-hydrogen) atoms. The molecule has 2 heterocycles. The van der Waals surface area contributed by atoms with Gasteiger partial charge in [-0.2, -0.15) is 0 Å². The lowest BCUT2D eigenvalue weighted by atomic mass is 9.98. The molecule has 5 nitrogen and oxygen atoms in total. The minimum atomic E-state index is -0.267. The summed E-state index contributed by atoms with van der Waals surface area (Å²) in [5.74, 6) is -0.313. The van der Waals surface area contributed by atoms with Crippen LogP contribution in [0.3, 0.4) is 0 Å². The molecule has 0 saturated carbocycles. The Morgan fingerprint density at radius 1 is 1.40 bits per heavy atom. The predicted molar refractivity (Wildman–Crippen MR) is 74.3 cm³/mol. The molecule has 1 amide bonds. The molecular weight excluding hydrogens is 256 g/mol. The number of amides is 1. The van der Waals surface area contributed by atoms with Gasteiger partial charge in [0.1, 0.15) is 0 Å². The third kappa shape index (κ3) is 3.35. The van der Waals surface area contributed by atoms with Crippen molar-refractivity contribution in [3.8, 4) is 0 Å². The van der Waals surface area contributed by atoms with Crippen LogP contribution in [0.2, 0.25) is 0 Å². The second-order valence-electron chi connectivity index (χ2n) is 5.18. The van der Waals surface area contributed by atoms with Gasteiger partial charge in [0, 0.05) is 25.0 Å². The van der Waals surface area contributed by atoms with Gasteiger partial charge < -0.3 is 9.64 Å². The summed E-state index contributed by atoms with van der Waals surface area (Å²) >= 11 is 0. The Balaban J connectivity index is 2.15. The fourth-order valence-corrected chi connectivity index (χ4v) is 2.59. The van der Waals surface area contributed by atoms with Crippen molar-refractivity contribution in [3.05, 3.63) is 29.6 Å². The Morgan fingerprint density at radius 2 is 2.20 bits per heavy atom. The first-order valence-electron chi connectivity index (χ1n) is 6.91. The monoisotopic (exact) mass is 276 g/mol. The standard InChI is InChI=1S/C15H20N2O3/c1-11-7-12(10-16-9-11)15(19)17-6-4-3-5-13(17)8-14(18)20-2/h7,9-10,13H,3-6,8H2,1-2H3. The lowest BCUT2D eigenvalue weighted by molar-refractivity contribution is -0.142. The van der Waals surface area contributed by atoms with Crippen molar-refractivity contribution in [2.45, 2.75) is 38.6 Å². The number of rotatable bonds is 3. The molecule has 0 spiro atoms. The van der Waals surface area contributed by atoms with Crippen LogP contribution in [0, 0.1) is 6.92 Å². The average molecular weight is 276 g/mol. The number of nitrogens with zero attached hydrogens (tertiary/aromatic N) is 2.